The molecule has 4 nitrogen and oxygen atoms in total. The van der Waals surface area contributed by atoms with E-state index in [-0.39, 0.29) is 12.0 Å². The zero-order valence-corrected chi connectivity index (χ0v) is 10.6. The van der Waals surface area contributed by atoms with E-state index in [4.69, 9.17) is 15.1 Å². The number of rotatable bonds is 11. The lowest BCUT2D eigenvalue weighted by atomic mass is 9.77. The molecule has 0 aromatic carbocycles. The first-order valence-corrected chi connectivity index (χ1v) is 6.05. The lowest BCUT2D eigenvalue weighted by Crippen LogP contribution is -2.18. The maximum Gasteiger partial charge on any atom is 0.0820 e. The van der Waals surface area contributed by atoms with E-state index in [1.54, 1.807) is 7.11 Å². The van der Waals surface area contributed by atoms with Crippen LogP contribution in [0.5, 0.6) is 0 Å². The monoisotopic (exact) mass is 234 g/mol. The van der Waals surface area contributed by atoms with Crippen molar-refractivity contribution < 1.29 is 20.0 Å². The van der Waals surface area contributed by atoms with Crippen LogP contribution in [0.2, 0.25) is 0 Å². The van der Waals surface area contributed by atoms with Gasteiger partial charge in [0, 0.05) is 20.3 Å². The van der Waals surface area contributed by atoms with Crippen LogP contribution in [-0.4, -0.2) is 37.3 Å². The summed E-state index contributed by atoms with van der Waals surface area (Å²) < 4.78 is 5.05. The average molecular weight is 234 g/mol. The van der Waals surface area contributed by atoms with Crippen LogP contribution in [-0.2, 0) is 9.62 Å². The minimum atomic E-state index is 0.222. The van der Waals surface area contributed by atoms with Crippen LogP contribution in [0.15, 0.2) is 0 Å². The van der Waals surface area contributed by atoms with E-state index in [0.717, 1.165) is 45.1 Å². The van der Waals surface area contributed by atoms with E-state index in [9.17, 15) is 0 Å². The van der Waals surface area contributed by atoms with Crippen molar-refractivity contribution in [3.63, 3.8) is 0 Å². The maximum absolute atomic E-state index is 8.88. The summed E-state index contributed by atoms with van der Waals surface area (Å²) in [6, 6.07) is 0. The summed E-state index contributed by atoms with van der Waals surface area (Å²) in [6.07, 6.45) is 5.84. The molecule has 1 unspecified atom stereocenters. The van der Waals surface area contributed by atoms with Gasteiger partial charge in [-0.1, -0.05) is 6.92 Å². The van der Waals surface area contributed by atoms with Gasteiger partial charge in [0.1, 0.15) is 0 Å². The van der Waals surface area contributed by atoms with Gasteiger partial charge in [-0.2, -0.15) is 0 Å². The van der Waals surface area contributed by atoms with Gasteiger partial charge in [-0.3, -0.25) is 5.26 Å². The molecule has 0 fully saturated rings. The molecule has 0 saturated carbocycles. The van der Waals surface area contributed by atoms with Crippen LogP contribution in [0.25, 0.3) is 0 Å². The minimum Gasteiger partial charge on any atom is -0.396 e. The van der Waals surface area contributed by atoms with E-state index in [0.29, 0.717) is 6.61 Å². The summed E-state index contributed by atoms with van der Waals surface area (Å²) in [7, 11) is 1.71. The highest BCUT2D eigenvalue weighted by Gasteiger charge is 2.22. The summed E-state index contributed by atoms with van der Waals surface area (Å²) in [5.41, 5.74) is 0.222. The fourth-order valence-electron chi connectivity index (χ4n) is 2.09. The molecule has 0 radical (unpaired) electrons. The van der Waals surface area contributed by atoms with Gasteiger partial charge in [0.25, 0.3) is 0 Å². The molecule has 0 aliphatic rings. The third-order valence-electron chi connectivity index (χ3n) is 3.08. The van der Waals surface area contributed by atoms with Gasteiger partial charge in [-0.25, -0.2) is 4.89 Å². The van der Waals surface area contributed by atoms with Crippen LogP contribution in [0, 0.1) is 5.41 Å². The number of aliphatic hydroxyl groups is 1. The van der Waals surface area contributed by atoms with Crippen molar-refractivity contribution in [2.45, 2.75) is 45.4 Å². The van der Waals surface area contributed by atoms with Crippen LogP contribution in [0.4, 0.5) is 0 Å². The first-order chi connectivity index (χ1) is 7.68. The third kappa shape index (κ3) is 8.05. The van der Waals surface area contributed by atoms with Crippen LogP contribution >= 0.6 is 0 Å². The molecule has 0 heterocycles. The Bertz CT molecular complexity index is 140. The molecular weight excluding hydrogens is 208 g/mol. The standard InChI is InChI=1S/C12H26O4/c1-12(6-3-9-13,7-4-10-15-2)8-5-11-16-14/h13-14H,3-11H2,1-2H3. The van der Waals surface area contributed by atoms with E-state index in [2.05, 4.69) is 11.8 Å². The molecule has 0 aliphatic carbocycles. The van der Waals surface area contributed by atoms with Crippen LogP contribution in [0.1, 0.15) is 45.4 Å². The molecule has 0 amide bonds. The first-order valence-electron chi connectivity index (χ1n) is 6.05. The van der Waals surface area contributed by atoms with Gasteiger partial charge in [-0.15, -0.1) is 0 Å². The SMILES string of the molecule is COCCCC(C)(CCCO)CCCOO. The number of hydrogen-bond acceptors (Lipinski definition) is 4. The second-order valence-electron chi connectivity index (χ2n) is 4.67. The molecule has 0 aliphatic heterocycles. The lowest BCUT2D eigenvalue weighted by Gasteiger charge is -2.29. The molecule has 0 rings (SSSR count). The molecule has 16 heavy (non-hydrogen) atoms. The Kier molecular flexibility index (Phi) is 9.92. The molecular formula is C12H26O4. The van der Waals surface area contributed by atoms with E-state index in [1.165, 1.54) is 0 Å². The van der Waals surface area contributed by atoms with E-state index >= 15 is 0 Å². The van der Waals surface area contributed by atoms with Crippen molar-refractivity contribution in [3.05, 3.63) is 0 Å². The van der Waals surface area contributed by atoms with Gasteiger partial charge in [0.2, 0.25) is 0 Å². The highest BCUT2D eigenvalue weighted by atomic mass is 17.1. The third-order valence-corrected chi connectivity index (χ3v) is 3.08. The quantitative estimate of drug-likeness (QED) is 0.327. The highest BCUT2D eigenvalue weighted by molar-refractivity contribution is 4.74. The normalized spacial score (nSPS) is 15.0. The summed E-state index contributed by atoms with van der Waals surface area (Å²) in [6.45, 7) is 3.65. The molecule has 0 saturated heterocycles. The Morgan fingerprint density at radius 3 is 2.06 bits per heavy atom. The summed E-state index contributed by atoms with van der Waals surface area (Å²) in [4.78, 5) is 4.09. The van der Waals surface area contributed by atoms with E-state index in [1.807, 2.05) is 0 Å². The molecule has 1 atom stereocenters. The van der Waals surface area contributed by atoms with Crippen LogP contribution < -0.4 is 0 Å². The number of ether oxygens (including phenoxy) is 1. The molecule has 0 bridgehead atoms. The predicted octanol–water partition coefficient (Wildman–Crippen LogP) is 2.46. The fourth-order valence-corrected chi connectivity index (χ4v) is 2.09. The van der Waals surface area contributed by atoms with Crippen molar-refractivity contribution in [1.82, 2.24) is 0 Å². The molecule has 0 spiro atoms. The summed E-state index contributed by atoms with van der Waals surface area (Å²) in [5, 5.41) is 17.2. The van der Waals surface area contributed by atoms with Crippen LogP contribution in [0.3, 0.4) is 0 Å². The summed E-state index contributed by atoms with van der Waals surface area (Å²) in [5.74, 6) is 0. The zero-order chi connectivity index (χ0) is 12.3. The van der Waals surface area contributed by atoms with Gasteiger partial charge in [0.05, 0.1) is 6.61 Å². The van der Waals surface area contributed by atoms with Gasteiger partial charge in [-0.05, 0) is 43.9 Å². The Labute approximate surface area is 98.5 Å². The van der Waals surface area contributed by atoms with Gasteiger partial charge in [0.15, 0.2) is 0 Å². The minimum absolute atomic E-state index is 0.222. The van der Waals surface area contributed by atoms with Crippen molar-refractivity contribution >= 4 is 0 Å². The smallest absolute Gasteiger partial charge is 0.0820 e. The Balaban J connectivity index is 3.91. The second kappa shape index (κ2) is 10.0. The maximum atomic E-state index is 8.88. The molecule has 98 valence electrons. The van der Waals surface area contributed by atoms with Crippen molar-refractivity contribution in [3.8, 4) is 0 Å². The van der Waals surface area contributed by atoms with Gasteiger partial charge < -0.3 is 9.84 Å². The first kappa shape index (κ1) is 15.8. The molecule has 0 aromatic heterocycles. The predicted molar refractivity (Wildman–Crippen MR) is 63.4 cm³/mol. The lowest BCUT2D eigenvalue weighted by molar-refractivity contribution is -0.243. The van der Waals surface area contributed by atoms with Gasteiger partial charge >= 0.3 is 0 Å². The Morgan fingerprint density at radius 2 is 1.56 bits per heavy atom. The fraction of sp³-hybridized carbons (Fsp3) is 1.00. The topological polar surface area (TPSA) is 58.9 Å². The van der Waals surface area contributed by atoms with Crippen molar-refractivity contribution in [2.75, 3.05) is 26.9 Å². The number of aliphatic hydroxyl groups excluding tert-OH is 1. The Hall–Kier alpha value is -0.160. The summed E-state index contributed by atoms with van der Waals surface area (Å²) >= 11 is 0. The molecule has 4 heteroatoms. The number of hydrogen-bond donors (Lipinski definition) is 2. The molecule has 0 aromatic rings. The highest BCUT2D eigenvalue weighted by Crippen LogP contribution is 2.34. The Morgan fingerprint density at radius 1 is 1.00 bits per heavy atom. The zero-order valence-electron chi connectivity index (χ0n) is 10.6. The largest absolute Gasteiger partial charge is 0.396 e. The average Bonchev–Trinajstić information content (AvgIpc) is 2.27. The second-order valence-corrected chi connectivity index (χ2v) is 4.67. The number of methoxy groups -OCH3 is 1. The van der Waals surface area contributed by atoms with E-state index < -0.39 is 0 Å². The molecule has 2 N–H and O–H groups in total. The van der Waals surface area contributed by atoms with Crippen molar-refractivity contribution in [2.24, 2.45) is 5.41 Å². The van der Waals surface area contributed by atoms with Crippen molar-refractivity contribution in [1.29, 1.82) is 0 Å².